The number of hydrogen-bond acceptors (Lipinski definition) is 6. The van der Waals surface area contributed by atoms with Gasteiger partial charge in [-0.25, -0.2) is 0 Å². The Balaban J connectivity index is 1.55. The number of carbonyl (C=O) groups excluding carboxylic acids is 3. The first-order chi connectivity index (χ1) is 13.3. The molecule has 2 aliphatic carbocycles. The standard InChI is InChI=1S/C21H25NO6/c1-13-8-19(23)17(18(13)11-22(26)27)10-21(25)28-12-20(24)16-7-6-14-4-2-3-5-15(14)9-16/h6-7,9,13,17-18H,2-5,8,10-12H2,1H3/t13-,17+,18-/m1/s1. The van der Waals surface area contributed by atoms with Gasteiger partial charge >= 0.3 is 5.97 Å². The molecule has 0 N–H and O–H groups in total. The maximum atomic E-state index is 12.4. The van der Waals surface area contributed by atoms with Gasteiger partial charge < -0.3 is 4.74 Å². The second-order valence-corrected chi connectivity index (χ2v) is 7.91. The van der Waals surface area contributed by atoms with E-state index in [1.54, 1.807) is 13.0 Å². The third-order valence-electron chi connectivity index (χ3n) is 5.97. The summed E-state index contributed by atoms with van der Waals surface area (Å²) in [5, 5.41) is 10.8. The fourth-order valence-corrected chi connectivity index (χ4v) is 4.37. The van der Waals surface area contributed by atoms with E-state index >= 15 is 0 Å². The molecule has 28 heavy (non-hydrogen) atoms. The number of fused-ring (bicyclic) bond motifs is 1. The maximum Gasteiger partial charge on any atom is 0.306 e. The van der Waals surface area contributed by atoms with Crippen LogP contribution in [0.4, 0.5) is 0 Å². The lowest BCUT2D eigenvalue weighted by atomic mass is 9.88. The van der Waals surface area contributed by atoms with Crippen LogP contribution < -0.4 is 0 Å². The quantitative estimate of drug-likeness (QED) is 0.308. The molecular formula is C21H25NO6. The van der Waals surface area contributed by atoms with E-state index in [0.29, 0.717) is 5.56 Å². The first-order valence-electron chi connectivity index (χ1n) is 9.80. The molecule has 1 fully saturated rings. The largest absolute Gasteiger partial charge is 0.457 e. The van der Waals surface area contributed by atoms with Gasteiger partial charge in [0.15, 0.2) is 12.4 Å². The molecule has 3 atom stereocenters. The van der Waals surface area contributed by atoms with Crippen molar-refractivity contribution in [2.24, 2.45) is 17.8 Å². The van der Waals surface area contributed by atoms with Gasteiger partial charge in [0.25, 0.3) is 0 Å². The Morgan fingerprint density at radius 2 is 1.93 bits per heavy atom. The predicted octanol–water partition coefficient (Wildman–Crippen LogP) is 2.80. The molecule has 3 rings (SSSR count). The lowest BCUT2D eigenvalue weighted by Gasteiger charge is -2.17. The van der Waals surface area contributed by atoms with Gasteiger partial charge in [-0.1, -0.05) is 19.1 Å². The van der Waals surface area contributed by atoms with Gasteiger partial charge in [-0.15, -0.1) is 0 Å². The second kappa shape index (κ2) is 8.63. The number of ketones is 2. The zero-order valence-corrected chi connectivity index (χ0v) is 16.0. The Hall–Kier alpha value is -2.57. The van der Waals surface area contributed by atoms with Crippen LogP contribution in [0, 0.1) is 27.9 Å². The van der Waals surface area contributed by atoms with Crippen molar-refractivity contribution in [2.75, 3.05) is 13.2 Å². The normalized spacial score (nSPS) is 23.9. The van der Waals surface area contributed by atoms with Crippen LogP contribution in [0.25, 0.3) is 0 Å². The Bertz CT molecular complexity index is 802. The zero-order valence-electron chi connectivity index (χ0n) is 16.0. The van der Waals surface area contributed by atoms with Crippen LogP contribution >= 0.6 is 0 Å². The minimum Gasteiger partial charge on any atom is -0.457 e. The van der Waals surface area contributed by atoms with Crippen molar-refractivity contribution in [3.63, 3.8) is 0 Å². The molecule has 0 radical (unpaired) electrons. The average molecular weight is 387 g/mol. The monoisotopic (exact) mass is 387 g/mol. The van der Waals surface area contributed by atoms with Crippen molar-refractivity contribution < 1.29 is 24.0 Å². The molecule has 1 aromatic carbocycles. The number of benzene rings is 1. The van der Waals surface area contributed by atoms with Crippen LogP contribution in [0.1, 0.15) is 54.1 Å². The van der Waals surface area contributed by atoms with Crippen molar-refractivity contribution in [1.29, 1.82) is 0 Å². The first-order valence-corrected chi connectivity index (χ1v) is 9.80. The van der Waals surface area contributed by atoms with E-state index < -0.39 is 22.7 Å². The van der Waals surface area contributed by atoms with Crippen LogP contribution in [0.5, 0.6) is 0 Å². The Kier molecular flexibility index (Phi) is 6.21. The molecule has 1 saturated carbocycles. The number of carbonyl (C=O) groups is 3. The molecule has 150 valence electrons. The summed E-state index contributed by atoms with van der Waals surface area (Å²) in [6, 6.07) is 5.60. The van der Waals surface area contributed by atoms with E-state index in [9.17, 15) is 24.5 Å². The molecule has 0 bridgehead atoms. The summed E-state index contributed by atoms with van der Waals surface area (Å²) in [4.78, 5) is 47.0. The van der Waals surface area contributed by atoms with Crippen molar-refractivity contribution in [3.05, 3.63) is 45.0 Å². The van der Waals surface area contributed by atoms with Crippen molar-refractivity contribution in [1.82, 2.24) is 0 Å². The molecule has 0 spiro atoms. The van der Waals surface area contributed by atoms with E-state index in [1.165, 1.54) is 11.1 Å². The highest BCUT2D eigenvalue weighted by atomic mass is 16.6. The third-order valence-corrected chi connectivity index (χ3v) is 5.97. The predicted molar refractivity (Wildman–Crippen MR) is 101 cm³/mol. The second-order valence-electron chi connectivity index (χ2n) is 7.91. The summed E-state index contributed by atoms with van der Waals surface area (Å²) in [6.45, 7) is 1.07. The van der Waals surface area contributed by atoms with Gasteiger partial charge in [0.1, 0.15) is 5.78 Å². The van der Waals surface area contributed by atoms with Gasteiger partial charge in [0.2, 0.25) is 6.54 Å². The number of hydrogen-bond donors (Lipinski definition) is 0. The fraction of sp³-hybridized carbons (Fsp3) is 0.571. The molecule has 7 heteroatoms. The number of ether oxygens (including phenoxy) is 1. The van der Waals surface area contributed by atoms with Crippen LogP contribution in [0.15, 0.2) is 18.2 Å². The van der Waals surface area contributed by atoms with Crippen molar-refractivity contribution in [2.45, 2.75) is 45.4 Å². The molecule has 7 nitrogen and oxygen atoms in total. The maximum absolute atomic E-state index is 12.4. The van der Waals surface area contributed by atoms with E-state index in [4.69, 9.17) is 4.74 Å². The fourth-order valence-electron chi connectivity index (χ4n) is 4.37. The molecule has 1 aromatic rings. The molecule has 0 aromatic heterocycles. The molecule has 0 amide bonds. The van der Waals surface area contributed by atoms with Crippen molar-refractivity contribution in [3.8, 4) is 0 Å². The highest BCUT2D eigenvalue weighted by molar-refractivity contribution is 5.98. The number of nitro groups is 1. The van der Waals surface area contributed by atoms with Crippen molar-refractivity contribution >= 4 is 17.5 Å². The summed E-state index contributed by atoms with van der Waals surface area (Å²) in [7, 11) is 0. The summed E-state index contributed by atoms with van der Waals surface area (Å²) < 4.78 is 5.09. The Morgan fingerprint density at radius 1 is 1.21 bits per heavy atom. The number of rotatable bonds is 7. The molecule has 0 heterocycles. The summed E-state index contributed by atoms with van der Waals surface area (Å²) >= 11 is 0. The highest BCUT2D eigenvalue weighted by Gasteiger charge is 2.44. The first kappa shape index (κ1) is 20.2. The molecule has 0 aliphatic heterocycles. The van der Waals surface area contributed by atoms with Gasteiger partial charge in [-0.2, -0.15) is 0 Å². The zero-order chi connectivity index (χ0) is 20.3. The van der Waals surface area contributed by atoms with Crippen LogP contribution in [-0.2, 0) is 27.2 Å². The summed E-state index contributed by atoms with van der Waals surface area (Å²) in [5.74, 6) is -2.38. The molecule has 0 unspecified atom stereocenters. The van der Waals surface area contributed by atoms with Crippen LogP contribution in [0.2, 0.25) is 0 Å². The van der Waals surface area contributed by atoms with Crippen LogP contribution in [-0.4, -0.2) is 35.6 Å². The summed E-state index contributed by atoms with van der Waals surface area (Å²) in [6.07, 6.45) is 4.28. The number of Topliss-reactive ketones (excluding diaryl/α,β-unsaturated/α-hetero) is 2. The van der Waals surface area contributed by atoms with Gasteiger partial charge in [0.05, 0.1) is 6.42 Å². The van der Waals surface area contributed by atoms with Gasteiger partial charge in [0, 0.05) is 28.7 Å². The summed E-state index contributed by atoms with van der Waals surface area (Å²) in [5.41, 5.74) is 2.97. The third kappa shape index (κ3) is 4.64. The lowest BCUT2D eigenvalue weighted by Crippen LogP contribution is -2.28. The minimum atomic E-state index is -0.702. The molecule has 0 saturated heterocycles. The van der Waals surface area contributed by atoms with E-state index in [-0.39, 0.29) is 43.5 Å². The number of esters is 1. The highest BCUT2D eigenvalue weighted by Crippen LogP contribution is 2.36. The lowest BCUT2D eigenvalue weighted by molar-refractivity contribution is -0.490. The molecular weight excluding hydrogens is 362 g/mol. The SMILES string of the molecule is C[C@@H]1CC(=O)[C@@H](CC(=O)OCC(=O)c2ccc3c(c2)CCCC3)[C@@H]1C[N+](=O)[O-]. The average Bonchev–Trinajstić information content (AvgIpc) is 2.92. The minimum absolute atomic E-state index is 0.132. The number of aryl methyl sites for hydroxylation is 2. The Morgan fingerprint density at radius 3 is 2.64 bits per heavy atom. The van der Waals surface area contributed by atoms with Crippen LogP contribution in [0.3, 0.4) is 0 Å². The van der Waals surface area contributed by atoms with Gasteiger partial charge in [-0.05, 0) is 48.8 Å². The van der Waals surface area contributed by atoms with E-state index in [1.807, 2.05) is 12.1 Å². The van der Waals surface area contributed by atoms with E-state index in [2.05, 4.69) is 0 Å². The topological polar surface area (TPSA) is 104 Å². The smallest absolute Gasteiger partial charge is 0.306 e. The number of nitrogens with zero attached hydrogens (tertiary/aromatic N) is 1. The molecule has 2 aliphatic rings. The van der Waals surface area contributed by atoms with Gasteiger partial charge in [-0.3, -0.25) is 24.5 Å². The van der Waals surface area contributed by atoms with E-state index in [0.717, 1.165) is 25.7 Å². The Labute approximate surface area is 163 Å².